The maximum atomic E-state index is 5.39. The van der Waals surface area contributed by atoms with Gasteiger partial charge in [0.15, 0.2) is 0 Å². The van der Waals surface area contributed by atoms with Gasteiger partial charge in [0.25, 0.3) is 0 Å². The first-order chi connectivity index (χ1) is 10.1. The lowest BCUT2D eigenvalue weighted by atomic mass is 10.0. The molecule has 0 aromatic carbocycles. The van der Waals surface area contributed by atoms with Gasteiger partial charge >= 0.3 is 0 Å². The van der Waals surface area contributed by atoms with Gasteiger partial charge in [-0.15, -0.1) is 0 Å². The van der Waals surface area contributed by atoms with Crippen LogP contribution < -0.4 is 10.1 Å². The maximum Gasteiger partial charge on any atom is 0.217 e. The lowest BCUT2D eigenvalue weighted by Crippen LogP contribution is -2.40. The highest BCUT2D eigenvalue weighted by Gasteiger charge is 2.24. The van der Waals surface area contributed by atoms with Gasteiger partial charge in [-0.2, -0.15) is 0 Å². The van der Waals surface area contributed by atoms with Gasteiger partial charge in [-0.05, 0) is 38.3 Å². The monoisotopic (exact) mass is 291 g/mol. The first-order valence-electron chi connectivity index (χ1n) is 8.05. The Morgan fingerprint density at radius 2 is 2.29 bits per heavy atom. The van der Waals surface area contributed by atoms with Crippen LogP contribution in [0.3, 0.4) is 0 Å². The van der Waals surface area contributed by atoms with Crippen LogP contribution in [0.2, 0.25) is 0 Å². The number of rotatable bonds is 5. The average Bonchev–Trinajstić information content (AvgIpc) is 2.61. The van der Waals surface area contributed by atoms with E-state index in [-0.39, 0.29) is 0 Å². The molecule has 1 aliphatic rings. The molecule has 0 bridgehead atoms. The van der Waals surface area contributed by atoms with Gasteiger partial charge in [-0.1, -0.05) is 19.9 Å². The van der Waals surface area contributed by atoms with E-state index in [1.165, 1.54) is 18.4 Å². The van der Waals surface area contributed by atoms with E-state index in [2.05, 4.69) is 42.0 Å². The molecule has 0 amide bonds. The summed E-state index contributed by atoms with van der Waals surface area (Å²) in [6.45, 7) is 10.0. The molecule has 0 saturated carbocycles. The van der Waals surface area contributed by atoms with Gasteiger partial charge in [0, 0.05) is 36.9 Å². The van der Waals surface area contributed by atoms with Crippen LogP contribution in [0.15, 0.2) is 18.3 Å². The molecular weight excluding hydrogens is 262 g/mol. The van der Waals surface area contributed by atoms with Gasteiger partial charge < -0.3 is 10.1 Å². The normalized spacial score (nSPS) is 24.0. The molecule has 2 atom stereocenters. The third-order valence-electron chi connectivity index (χ3n) is 4.25. The predicted octanol–water partition coefficient (Wildman–Crippen LogP) is 2.69. The molecule has 1 N–H and O–H groups in total. The van der Waals surface area contributed by atoms with Crippen LogP contribution in [0.4, 0.5) is 0 Å². The molecule has 1 saturated heterocycles. The van der Waals surface area contributed by atoms with Crippen LogP contribution in [-0.2, 0) is 6.54 Å². The van der Waals surface area contributed by atoms with Crippen molar-refractivity contribution in [1.29, 1.82) is 0 Å². The Hall–Kier alpha value is -1.13. The number of pyridine rings is 1. The molecule has 0 spiro atoms. The smallest absolute Gasteiger partial charge is 0.217 e. The van der Waals surface area contributed by atoms with Crippen LogP contribution in [0.25, 0.3) is 0 Å². The van der Waals surface area contributed by atoms with Crippen molar-refractivity contribution in [3.8, 4) is 5.88 Å². The van der Waals surface area contributed by atoms with Crippen LogP contribution in [0.5, 0.6) is 5.88 Å². The number of ether oxygens (including phenoxy) is 1. The Labute approximate surface area is 128 Å². The van der Waals surface area contributed by atoms with E-state index >= 15 is 0 Å². The largest absolute Gasteiger partial charge is 0.481 e. The molecule has 1 fully saturated rings. The summed E-state index contributed by atoms with van der Waals surface area (Å²) >= 11 is 0. The van der Waals surface area contributed by atoms with Crippen molar-refractivity contribution in [1.82, 2.24) is 15.2 Å². The highest BCUT2D eigenvalue weighted by molar-refractivity contribution is 5.25. The average molecular weight is 291 g/mol. The number of nitrogens with zero attached hydrogens (tertiary/aromatic N) is 2. The molecule has 4 nitrogen and oxygen atoms in total. The number of aromatic nitrogens is 1. The molecule has 1 aliphatic heterocycles. The van der Waals surface area contributed by atoms with Crippen molar-refractivity contribution in [2.75, 3.05) is 20.2 Å². The predicted molar refractivity (Wildman–Crippen MR) is 86.5 cm³/mol. The second kappa shape index (κ2) is 7.76. The molecule has 2 rings (SSSR count). The standard InChI is InChI=1S/C17H29N3O/c1-13(2)10-16-12-20(14(3)7-9-18-16)11-15-6-5-8-19-17(15)21-4/h5-6,8,13-14,16,18H,7,9-12H2,1-4H3. The zero-order valence-electron chi connectivity index (χ0n) is 13.8. The fourth-order valence-electron chi connectivity index (χ4n) is 3.10. The van der Waals surface area contributed by atoms with Crippen LogP contribution in [0.1, 0.15) is 39.2 Å². The van der Waals surface area contributed by atoms with Crippen LogP contribution in [0, 0.1) is 5.92 Å². The van der Waals surface area contributed by atoms with Crippen molar-refractivity contribution in [2.24, 2.45) is 5.92 Å². The van der Waals surface area contributed by atoms with Gasteiger partial charge in [0.2, 0.25) is 5.88 Å². The summed E-state index contributed by atoms with van der Waals surface area (Å²) in [5.74, 6) is 1.48. The van der Waals surface area contributed by atoms with E-state index in [0.717, 1.165) is 31.4 Å². The third kappa shape index (κ3) is 4.68. The third-order valence-corrected chi connectivity index (χ3v) is 4.25. The fraction of sp³-hybridized carbons (Fsp3) is 0.706. The minimum Gasteiger partial charge on any atom is -0.481 e. The Bertz CT molecular complexity index is 436. The van der Waals surface area contributed by atoms with E-state index < -0.39 is 0 Å². The second-order valence-corrected chi connectivity index (χ2v) is 6.52. The van der Waals surface area contributed by atoms with Crippen molar-refractivity contribution in [2.45, 2.75) is 52.2 Å². The highest BCUT2D eigenvalue weighted by Crippen LogP contribution is 2.21. The molecule has 1 aromatic heterocycles. The van der Waals surface area contributed by atoms with Crippen molar-refractivity contribution in [3.63, 3.8) is 0 Å². The quantitative estimate of drug-likeness (QED) is 0.905. The SMILES string of the molecule is COc1ncccc1CN1CC(CC(C)C)NCCC1C. The van der Waals surface area contributed by atoms with Gasteiger partial charge in [-0.3, -0.25) is 4.90 Å². The molecule has 2 unspecified atom stereocenters. The fourth-order valence-corrected chi connectivity index (χ4v) is 3.10. The molecule has 118 valence electrons. The highest BCUT2D eigenvalue weighted by atomic mass is 16.5. The minimum atomic E-state index is 0.581. The summed E-state index contributed by atoms with van der Waals surface area (Å²) in [6.07, 6.45) is 4.21. The summed E-state index contributed by atoms with van der Waals surface area (Å²) in [5.41, 5.74) is 1.18. The summed E-state index contributed by atoms with van der Waals surface area (Å²) in [7, 11) is 1.70. The number of nitrogens with one attached hydrogen (secondary N) is 1. The van der Waals surface area contributed by atoms with Crippen molar-refractivity contribution >= 4 is 0 Å². The maximum absolute atomic E-state index is 5.39. The molecule has 4 heteroatoms. The zero-order chi connectivity index (χ0) is 15.2. The molecule has 0 aliphatic carbocycles. The lowest BCUT2D eigenvalue weighted by molar-refractivity contribution is 0.187. The summed E-state index contributed by atoms with van der Waals surface area (Å²) < 4.78 is 5.39. The summed E-state index contributed by atoms with van der Waals surface area (Å²) in [5, 5.41) is 3.70. The number of hydrogen-bond donors (Lipinski definition) is 1. The van der Waals surface area contributed by atoms with Crippen molar-refractivity contribution in [3.05, 3.63) is 23.9 Å². The van der Waals surface area contributed by atoms with Crippen LogP contribution >= 0.6 is 0 Å². The van der Waals surface area contributed by atoms with E-state index in [0.29, 0.717) is 12.1 Å². The molecule has 0 radical (unpaired) electrons. The molecular formula is C17H29N3O. The van der Waals surface area contributed by atoms with Gasteiger partial charge in [0.05, 0.1) is 7.11 Å². The zero-order valence-corrected chi connectivity index (χ0v) is 13.8. The van der Waals surface area contributed by atoms with E-state index in [1.54, 1.807) is 13.3 Å². The topological polar surface area (TPSA) is 37.4 Å². The number of methoxy groups -OCH3 is 1. The van der Waals surface area contributed by atoms with E-state index in [1.807, 2.05) is 6.07 Å². The molecule has 1 aromatic rings. The number of hydrogen-bond acceptors (Lipinski definition) is 4. The Morgan fingerprint density at radius 3 is 3.00 bits per heavy atom. The Morgan fingerprint density at radius 1 is 1.48 bits per heavy atom. The molecule has 2 heterocycles. The molecule has 21 heavy (non-hydrogen) atoms. The first kappa shape index (κ1) is 16.2. The lowest BCUT2D eigenvalue weighted by Gasteiger charge is -2.30. The Balaban J connectivity index is 2.07. The summed E-state index contributed by atoms with van der Waals surface area (Å²) in [6, 6.07) is 5.27. The van der Waals surface area contributed by atoms with Crippen LogP contribution in [-0.4, -0.2) is 42.2 Å². The second-order valence-electron chi connectivity index (χ2n) is 6.52. The Kier molecular flexibility index (Phi) is 6.00. The summed E-state index contributed by atoms with van der Waals surface area (Å²) in [4.78, 5) is 6.88. The van der Waals surface area contributed by atoms with Crippen molar-refractivity contribution < 1.29 is 4.74 Å². The minimum absolute atomic E-state index is 0.581. The first-order valence-corrected chi connectivity index (χ1v) is 8.05. The van der Waals surface area contributed by atoms with E-state index in [9.17, 15) is 0 Å². The van der Waals surface area contributed by atoms with Gasteiger partial charge in [0.1, 0.15) is 0 Å². The van der Waals surface area contributed by atoms with Gasteiger partial charge in [-0.25, -0.2) is 4.98 Å². The van der Waals surface area contributed by atoms with E-state index in [4.69, 9.17) is 4.74 Å².